The van der Waals surface area contributed by atoms with Crippen LogP contribution in [0.15, 0.2) is 40.6 Å². The van der Waals surface area contributed by atoms with E-state index in [-0.39, 0.29) is 4.90 Å². The first-order valence-electron chi connectivity index (χ1n) is 5.94. The fourth-order valence-corrected chi connectivity index (χ4v) is 3.88. The molecule has 0 saturated carbocycles. The van der Waals surface area contributed by atoms with Gasteiger partial charge in [0.2, 0.25) is 10.0 Å². The van der Waals surface area contributed by atoms with Gasteiger partial charge in [0.25, 0.3) is 0 Å². The molecule has 0 aliphatic rings. The van der Waals surface area contributed by atoms with Crippen LogP contribution >= 0.6 is 11.3 Å². The van der Waals surface area contributed by atoms with E-state index in [0.29, 0.717) is 17.7 Å². The average molecular weight is 306 g/mol. The summed E-state index contributed by atoms with van der Waals surface area (Å²) in [6.45, 7) is 2.08. The quantitative estimate of drug-likeness (QED) is 0.872. The van der Waals surface area contributed by atoms with Crippen molar-refractivity contribution in [1.29, 1.82) is 5.26 Å². The smallest absolute Gasteiger partial charge is 0.207 e. The van der Waals surface area contributed by atoms with Crippen molar-refractivity contribution in [2.45, 2.75) is 18.4 Å². The Morgan fingerprint density at radius 2 is 2.10 bits per heavy atom. The molecule has 0 bridgehead atoms. The molecule has 0 amide bonds. The lowest BCUT2D eigenvalue weighted by molar-refractivity contribution is 0.469. The van der Waals surface area contributed by atoms with Crippen molar-refractivity contribution in [3.05, 3.63) is 51.7 Å². The largest absolute Gasteiger partial charge is 0.243 e. The molecule has 104 valence electrons. The highest BCUT2D eigenvalue weighted by Crippen LogP contribution is 2.21. The van der Waals surface area contributed by atoms with Gasteiger partial charge in [-0.3, -0.25) is 0 Å². The zero-order valence-corrected chi connectivity index (χ0v) is 12.8. The molecule has 6 heteroatoms. The second-order valence-corrected chi connectivity index (χ2v) is 7.51. The molecule has 1 heterocycles. The summed E-state index contributed by atoms with van der Waals surface area (Å²) in [7, 11) is -1.97. The monoisotopic (exact) mass is 306 g/mol. The van der Waals surface area contributed by atoms with Crippen molar-refractivity contribution < 1.29 is 8.42 Å². The molecular weight excluding hydrogens is 292 g/mol. The van der Waals surface area contributed by atoms with Crippen LogP contribution in [0.1, 0.15) is 16.0 Å². The number of hydrogen-bond donors (Lipinski definition) is 0. The Balaban J connectivity index is 2.30. The lowest BCUT2D eigenvalue weighted by Crippen LogP contribution is -2.26. The SMILES string of the molecule is Cc1cc(S(=O)(=O)N(C)Cc2cccs2)ccc1C#N. The van der Waals surface area contributed by atoms with Crippen molar-refractivity contribution in [2.75, 3.05) is 7.05 Å². The maximum Gasteiger partial charge on any atom is 0.243 e. The van der Waals surface area contributed by atoms with E-state index in [1.807, 2.05) is 23.6 Å². The third kappa shape index (κ3) is 2.90. The number of thiophene rings is 1. The van der Waals surface area contributed by atoms with Crippen LogP contribution in [0.5, 0.6) is 0 Å². The average Bonchev–Trinajstić information content (AvgIpc) is 2.91. The standard InChI is InChI=1S/C14H14N2O2S2/c1-11-8-14(6-5-12(11)9-15)20(17,18)16(2)10-13-4-3-7-19-13/h3-8H,10H2,1-2H3. The third-order valence-corrected chi connectivity index (χ3v) is 5.65. The zero-order valence-electron chi connectivity index (χ0n) is 11.2. The van der Waals surface area contributed by atoms with Crippen molar-refractivity contribution in [2.24, 2.45) is 0 Å². The zero-order chi connectivity index (χ0) is 14.8. The number of aryl methyl sites for hydroxylation is 1. The summed E-state index contributed by atoms with van der Waals surface area (Å²) in [5.41, 5.74) is 1.16. The van der Waals surface area contributed by atoms with E-state index >= 15 is 0 Å². The summed E-state index contributed by atoms with van der Waals surface area (Å²) >= 11 is 1.52. The van der Waals surface area contributed by atoms with Crippen LogP contribution < -0.4 is 0 Å². The van der Waals surface area contributed by atoms with Gasteiger partial charge in [0.1, 0.15) is 0 Å². The molecule has 0 fully saturated rings. The van der Waals surface area contributed by atoms with E-state index in [0.717, 1.165) is 4.88 Å². The lowest BCUT2D eigenvalue weighted by Gasteiger charge is -2.16. The first-order chi connectivity index (χ1) is 9.45. The number of sulfonamides is 1. The number of nitriles is 1. The van der Waals surface area contributed by atoms with Gasteiger partial charge in [-0.2, -0.15) is 9.57 Å². The number of benzene rings is 1. The highest BCUT2D eigenvalue weighted by Gasteiger charge is 2.21. The van der Waals surface area contributed by atoms with Crippen LogP contribution in [0.2, 0.25) is 0 Å². The van der Waals surface area contributed by atoms with Crippen LogP contribution in [0, 0.1) is 18.3 Å². The molecule has 2 aromatic rings. The highest BCUT2D eigenvalue weighted by molar-refractivity contribution is 7.89. The molecule has 1 aromatic carbocycles. The van der Waals surface area contributed by atoms with Crippen LogP contribution in [0.4, 0.5) is 0 Å². The number of hydrogen-bond acceptors (Lipinski definition) is 4. The minimum atomic E-state index is -3.53. The summed E-state index contributed by atoms with van der Waals surface area (Å²) in [6.07, 6.45) is 0. The van der Waals surface area contributed by atoms with Gasteiger partial charge in [-0.1, -0.05) is 6.07 Å². The van der Waals surface area contributed by atoms with Gasteiger partial charge in [-0.15, -0.1) is 11.3 Å². The van der Waals surface area contributed by atoms with Crippen molar-refractivity contribution in [1.82, 2.24) is 4.31 Å². The predicted octanol–water partition coefficient (Wildman–Crippen LogP) is 2.75. The van der Waals surface area contributed by atoms with Gasteiger partial charge < -0.3 is 0 Å². The molecule has 0 aliphatic carbocycles. The van der Waals surface area contributed by atoms with E-state index in [1.165, 1.54) is 21.7 Å². The minimum absolute atomic E-state index is 0.216. The van der Waals surface area contributed by atoms with Gasteiger partial charge in [0.15, 0.2) is 0 Å². The van der Waals surface area contributed by atoms with E-state index in [2.05, 4.69) is 0 Å². The second-order valence-electron chi connectivity index (χ2n) is 4.43. The summed E-state index contributed by atoms with van der Waals surface area (Å²) in [6, 6.07) is 10.4. The van der Waals surface area contributed by atoms with Gasteiger partial charge in [0.05, 0.1) is 16.5 Å². The molecule has 2 rings (SSSR count). The summed E-state index contributed by atoms with van der Waals surface area (Å²) in [5, 5.41) is 10.8. The van der Waals surface area contributed by atoms with Gasteiger partial charge in [-0.25, -0.2) is 8.42 Å². The van der Waals surface area contributed by atoms with E-state index in [1.54, 1.807) is 26.1 Å². The Morgan fingerprint density at radius 3 is 2.65 bits per heavy atom. The van der Waals surface area contributed by atoms with Crippen LogP contribution in [-0.4, -0.2) is 19.8 Å². The highest BCUT2D eigenvalue weighted by atomic mass is 32.2. The number of nitrogens with zero attached hydrogens (tertiary/aromatic N) is 2. The molecule has 20 heavy (non-hydrogen) atoms. The van der Waals surface area contributed by atoms with Gasteiger partial charge in [0, 0.05) is 18.5 Å². The minimum Gasteiger partial charge on any atom is -0.207 e. The molecule has 0 radical (unpaired) electrons. The molecule has 0 saturated heterocycles. The Hall–Kier alpha value is -1.68. The van der Waals surface area contributed by atoms with Gasteiger partial charge >= 0.3 is 0 Å². The summed E-state index contributed by atoms with van der Waals surface area (Å²) in [4.78, 5) is 1.20. The fraction of sp³-hybridized carbons (Fsp3) is 0.214. The fourth-order valence-electron chi connectivity index (χ4n) is 1.81. The van der Waals surface area contributed by atoms with E-state index < -0.39 is 10.0 Å². The maximum atomic E-state index is 12.5. The maximum absolute atomic E-state index is 12.5. The molecule has 1 aromatic heterocycles. The first kappa shape index (κ1) is 14.7. The molecule has 0 aliphatic heterocycles. The molecule has 0 spiro atoms. The van der Waals surface area contributed by atoms with Crippen LogP contribution in [0.3, 0.4) is 0 Å². The molecule has 0 N–H and O–H groups in total. The molecule has 0 atom stereocenters. The topological polar surface area (TPSA) is 61.2 Å². The van der Waals surface area contributed by atoms with E-state index in [9.17, 15) is 8.42 Å². The second kappa shape index (κ2) is 5.75. The summed E-state index contributed by atoms with van der Waals surface area (Å²) in [5.74, 6) is 0. The summed E-state index contributed by atoms with van der Waals surface area (Å²) < 4.78 is 26.2. The molecule has 4 nitrogen and oxygen atoms in total. The van der Waals surface area contributed by atoms with E-state index in [4.69, 9.17) is 5.26 Å². The van der Waals surface area contributed by atoms with Crippen LogP contribution in [-0.2, 0) is 16.6 Å². The predicted molar refractivity (Wildman–Crippen MR) is 78.9 cm³/mol. The third-order valence-electron chi connectivity index (χ3n) is 2.99. The van der Waals surface area contributed by atoms with Crippen LogP contribution in [0.25, 0.3) is 0 Å². The van der Waals surface area contributed by atoms with Crippen molar-refractivity contribution >= 4 is 21.4 Å². The first-order valence-corrected chi connectivity index (χ1v) is 8.26. The lowest BCUT2D eigenvalue weighted by atomic mass is 10.1. The molecular formula is C14H14N2O2S2. The van der Waals surface area contributed by atoms with Crippen molar-refractivity contribution in [3.8, 4) is 6.07 Å². The Bertz CT molecular complexity index is 744. The Labute approximate surface area is 123 Å². The Kier molecular flexibility index (Phi) is 4.23. The van der Waals surface area contributed by atoms with Gasteiger partial charge in [-0.05, 0) is 42.1 Å². The Morgan fingerprint density at radius 1 is 1.35 bits per heavy atom. The van der Waals surface area contributed by atoms with Crippen molar-refractivity contribution in [3.63, 3.8) is 0 Å². The molecule has 0 unspecified atom stereocenters. The number of rotatable bonds is 4. The normalized spacial score (nSPS) is 11.5.